The number of fused-ring (bicyclic) bond motifs is 1. The average Bonchev–Trinajstić information content (AvgIpc) is 3.27. The summed E-state index contributed by atoms with van der Waals surface area (Å²) >= 11 is 1.60. The molecule has 0 unspecified atom stereocenters. The van der Waals surface area contributed by atoms with Gasteiger partial charge in [0.05, 0.1) is 17.5 Å². The Kier molecular flexibility index (Phi) is 4.13. The third-order valence-electron chi connectivity index (χ3n) is 4.16. The van der Waals surface area contributed by atoms with Crippen LogP contribution in [0.4, 0.5) is 11.6 Å². The van der Waals surface area contributed by atoms with Crippen molar-refractivity contribution in [3.05, 3.63) is 46.7 Å². The van der Waals surface area contributed by atoms with Gasteiger partial charge in [0.1, 0.15) is 0 Å². The normalized spacial score (nSPS) is 14.2. The van der Waals surface area contributed by atoms with Crippen LogP contribution in [0.5, 0.6) is 0 Å². The Balaban J connectivity index is 1.66. The van der Waals surface area contributed by atoms with E-state index in [0.29, 0.717) is 12.2 Å². The van der Waals surface area contributed by atoms with Gasteiger partial charge in [-0.15, -0.1) is 0 Å². The molecule has 2 aromatic heterocycles. The van der Waals surface area contributed by atoms with Crippen molar-refractivity contribution in [1.29, 1.82) is 0 Å². The molecule has 1 aliphatic rings. The molecular weight excluding hydrogens is 320 g/mol. The van der Waals surface area contributed by atoms with Gasteiger partial charge >= 0.3 is 0 Å². The minimum absolute atomic E-state index is 0.0570. The summed E-state index contributed by atoms with van der Waals surface area (Å²) in [6.45, 7) is 1.92. The van der Waals surface area contributed by atoms with E-state index in [1.165, 1.54) is 0 Å². The summed E-state index contributed by atoms with van der Waals surface area (Å²) in [5.74, 6) is 1.29. The number of para-hydroxylation sites is 2. The van der Waals surface area contributed by atoms with Gasteiger partial charge in [-0.3, -0.25) is 4.79 Å². The lowest BCUT2D eigenvalue weighted by atomic mass is 10.2. The van der Waals surface area contributed by atoms with Crippen molar-refractivity contribution in [3.8, 4) is 0 Å². The number of amides is 1. The summed E-state index contributed by atoms with van der Waals surface area (Å²) in [5, 5.41) is 6.94. The second-order valence-electron chi connectivity index (χ2n) is 5.94. The fraction of sp³-hybridized carbons (Fsp3) is 0.278. The third-order valence-corrected chi connectivity index (χ3v) is 4.89. The monoisotopic (exact) mass is 338 g/mol. The van der Waals surface area contributed by atoms with Crippen LogP contribution in [0.25, 0.3) is 11.0 Å². The van der Waals surface area contributed by atoms with Crippen LogP contribution in [0.2, 0.25) is 0 Å². The molecule has 4 rings (SSSR count). The highest BCUT2D eigenvalue weighted by Crippen LogP contribution is 2.28. The number of carbonyl (C=O) groups is 1. The first kappa shape index (κ1) is 15.1. The molecule has 1 saturated heterocycles. The standard InChI is InChI=1S/C18H18N4OS/c23-16(11-13-7-10-24-12-13)21-17-18(22-8-3-4-9-22)20-15-6-2-1-5-14(15)19-17/h1-2,5-7,10,12H,3-4,8-9,11H2,(H,19,21,23). The number of nitrogens with zero attached hydrogens (tertiary/aromatic N) is 3. The lowest BCUT2D eigenvalue weighted by molar-refractivity contribution is -0.115. The Hall–Kier alpha value is -2.47. The largest absolute Gasteiger partial charge is 0.354 e. The number of carbonyl (C=O) groups excluding carboxylic acids is 1. The average molecular weight is 338 g/mol. The highest BCUT2D eigenvalue weighted by Gasteiger charge is 2.20. The molecule has 6 heteroatoms. The Bertz CT molecular complexity index is 857. The Labute approximate surface area is 144 Å². The molecule has 1 fully saturated rings. The molecule has 122 valence electrons. The molecular formula is C18H18N4OS. The van der Waals surface area contributed by atoms with Gasteiger partial charge in [-0.25, -0.2) is 9.97 Å². The lowest BCUT2D eigenvalue weighted by Crippen LogP contribution is -2.24. The van der Waals surface area contributed by atoms with E-state index >= 15 is 0 Å². The molecule has 0 saturated carbocycles. The summed E-state index contributed by atoms with van der Waals surface area (Å²) in [7, 11) is 0. The molecule has 0 atom stereocenters. The van der Waals surface area contributed by atoms with Crippen LogP contribution >= 0.6 is 11.3 Å². The second kappa shape index (κ2) is 6.57. The first-order valence-corrected chi connectivity index (χ1v) is 9.06. The molecule has 3 heterocycles. The van der Waals surface area contributed by atoms with Gasteiger partial charge in [-0.2, -0.15) is 11.3 Å². The molecule has 0 aliphatic carbocycles. The number of anilines is 2. The van der Waals surface area contributed by atoms with Crippen LogP contribution in [-0.2, 0) is 11.2 Å². The SMILES string of the molecule is O=C(Cc1ccsc1)Nc1nc2ccccc2nc1N1CCCC1. The van der Waals surface area contributed by atoms with E-state index in [0.717, 1.165) is 48.3 Å². The van der Waals surface area contributed by atoms with Crippen molar-refractivity contribution in [3.63, 3.8) is 0 Å². The lowest BCUT2D eigenvalue weighted by Gasteiger charge is -2.20. The van der Waals surface area contributed by atoms with Gasteiger partial charge in [0.25, 0.3) is 0 Å². The molecule has 1 N–H and O–H groups in total. The summed E-state index contributed by atoms with van der Waals surface area (Å²) in [6, 6.07) is 9.74. The maximum atomic E-state index is 12.4. The number of aromatic nitrogens is 2. The molecule has 0 radical (unpaired) electrons. The summed E-state index contributed by atoms with van der Waals surface area (Å²) in [4.78, 5) is 24.0. The Morgan fingerprint density at radius 2 is 1.88 bits per heavy atom. The maximum absolute atomic E-state index is 12.4. The van der Waals surface area contributed by atoms with Crippen LogP contribution in [0.3, 0.4) is 0 Å². The van der Waals surface area contributed by atoms with Crippen molar-refractivity contribution >= 4 is 39.9 Å². The molecule has 24 heavy (non-hydrogen) atoms. The zero-order valence-electron chi connectivity index (χ0n) is 13.2. The molecule has 1 aliphatic heterocycles. The number of hydrogen-bond donors (Lipinski definition) is 1. The van der Waals surface area contributed by atoms with E-state index < -0.39 is 0 Å². The van der Waals surface area contributed by atoms with E-state index in [4.69, 9.17) is 4.98 Å². The number of benzene rings is 1. The molecule has 1 aromatic carbocycles. The van der Waals surface area contributed by atoms with Gasteiger partial charge in [0.2, 0.25) is 5.91 Å². The van der Waals surface area contributed by atoms with Crippen LogP contribution in [-0.4, -0.2) is 29.0 Å². The zero-order chi connectivity index (χ0) is 16.4. The molecule has 3 aromatic rings. The maximum Gasteiger partial charge on any atom is 0.230 e. The Morgan fingerprint density at radius 1 is 1.12 bits per heavy atom. The predicted octanol–water partition coefficient (Wildman–Crippen LogP) is 3.47. The highest BCUT2D eigenvalue weighted by atomic mass is 32.1. The van der Waals surface area contributed by atoms with Crippen molar-refractivity contribution in [2.24, 2.45) is 0 Å². The summed E-state index contributed by atoms with van der Waals surface area (Å²) in [6.07, 6.45) is 2.66. The summed E-state index contributed by atoms with van der Waals surface area (Å²) in [5.41, 5.74) is 2.68. The number of nitrogens with one attached hydrogen (secondary N) is 1. The fourth-order valence-corrected chi connectivity index (χ4v) is 3.65. The Morgan fingerprint density at radius 3 is 2.58 bits per heavy atom. The number of rotatable bonds is 4. The number of thiophene rings is 1. The minimum Gasteiger partial charge on any atom is -0.354 e. The van der Waals surface area contributed by atoms with Crippen LogP contribution in [0.15, 0.2) is 41.1 Å². The second-order valence-corrected chi connectivity index (χ2v) is 6.72. The van der Waals surface area contributed by atoms with Crippen LogP contribution in [0, 0.1) is 0 Å². The molecule has 0 bridgehead atoms. The smallest absolute Gasteiger partial charge is 0.230 e. The van der Waals surface area contributed by atoms with E-state index in [1.54, 1.807) is 11.3 Å². The summed E-state index contributed by atoms with van der Waals surface area (Å²) < 4.78 is 0. The fourth-order valence-electron chi connectivity index (χ4n) is 2.98. The zero-order valence-corrected chi connectivity index (χ0v) is 14.1. The van der Waals surface area contributed by atoms with Crippen molar-refractivity contribution in [2.75, 3.05) is 23.3 Å². The van der Waals surface area contributed by atoms with Crippen LogP contribution in [0.1, 0.15) is 18.4 Å². The minimum atomic E-state index is -0.0570. The first-order valence-electron chi connectivity index (χ1n) is 8.12. The van der Waals surface area contributed by atoms with Gasteiger partial charge in [0, 0.05) is 13.1 Å². The van der Waals surface area contributed by atoms with Gasteiger partial charge in [-0.1, -0.05) is 12.1 Å². The van der Waals surface area contributed by atoms with Gasteiger partial charge in [0.15, 0.2) is 11.6 Å². The highest BCUT2D eigenvalue weighted by molar-refractivity contribution is 7.08. The predicted molar refractivity (Wildman–Crippen MR) is 97.6 cm³/mol. The topological polar surface area (TPSA) is 58.1 Å². The van der Waals surface area contributed by atoms with Crippen molar-refractivity contribution in [2.45, 2.75) is 19.3 Å². The van der Waals surface area contributed by atoms with E-state index in [9.17, 15) is 4.79 Å². The van der Waals surface area contributed by atoms with E-state index in [1.807, 2.05) is 41.1 Å². The third kappa shape index (κ3) is 3.10. The van der Waals surface area contributed by atoms with Crippen LogP contribution < -0.4 is 10.2 Å². The number of hydrogen-bond acceptors (Lipinski definition) is 5. The van der Waals surface area contributed by atoms with E-state index in [2.05, 4.69) is 15.2 Å². The van der Waals surface area contributed by atoms with Crippen molar-refractivity contribution in [1.82, 2.24) is 9.97 Å². The quantitative estimate of drug-likeness (QED) is 0.791. The van der Waals surface area contributed by atoms with Gasteiger partial charge < -0.3 is 10.2 Å². The first-order chi connectivity index (χ1) is 11.8. The van der Waals surface area contributed by atoms with Crippen molar-refractivity contribution < 1.29 is 4.79 Å². The molecule has 5 nitrogen and oxygen atoms in total. The van der Waals surface area contributed by atoms with Gasteiger partial charge in [-0.05, 0) is 47.4 Å². The van der Waals surface area contributed by atoms with E-state index in [-0.39, 0.29) is 5.91 Å². The molecule has 0 spiro atoms. The molecule has 1 amide bonds.